The number of benzene rings is 11. The average Bonchev–Trinajstić information content (AvgIpc) is 3.63. The van der Waals surface area contributed by atoms with Crippen LogP contribution in [-0.2, 0) is 10.8 Å². The number of fused-ring (bicyclic) bond motifs is 11. The molecule has 0 atom stereocenters. The lowest BCUT2D eigenvalue weighted by Gasteiger charge is -2.22. The Morgan fingerprint density at radius 2 is 0.750 bits per heavy atom. The number of hydrogen-bond donors (Lipinski definition) is 1. The lowest BCUT2D eigenvalue weighted by atomic mass is 9.82. The summed E-state index contributed by atoms with van der Waals surface area (Å²) in [6, 6.07) is 68.3. The molecule has 0 unspecified atom stereocenters. The lowest BCUT2D eigenvalue weighted by molar-refractivity contribution is 0.590. The highest BCUT2D eigenvalue weighted by Gasteiger charge is 2.25. The van der Waals surface area contributed by atoms with Crippen molar-refractivity contribution in [2.24, 2.45) is 0 Å². The molecule has 0 amide bonds. The molecule has 0 aliphatic heterocycles. The Kier molecular flexibility index (Phi) is 8.25. The minimum Gasteiger partial charge on any atom is -0.399 e. The molecule has 0 spiro atoms. The molecule has 2 N–H and O–H groups in total. The van der Waals surface area contributed by atoms with Gasteiger partial charge in [0.25, 0.3) is 0 Å². The Bertz CT molecular complexity index is 3850. The van der Waals surface area contributed by atoms with Crippen molar-refractivity contribution in [1.82, 2.24) is 4.57 Å². The summed E-state index contributed by atoms with van der Waals surface area (Å²) in [5, 5.41) is 17.2. The van der Waals surface area contributed by atoms with E-state index in [9.17, 15) is 0 Å². The van der Waals surface area contributed by atoms with Gasteiger partial charge in [-0.2, -0.15) is 0 Å². The molecule has 308 valence electrons. The molecule has 12 rings (SSSR count). The number of hydrogen-bond acceptors (Lipinski definition) is 1. The molecule has 0 bridgehead atoms. The molecule has 0 saturated carbocycles. The van der Waals surface area contributed by atoms with Crippen LogP contribution in [0.5, 0.6) is 0 Å². The first kappa shape index (κ1) is 38.3. The van der Waals surface area contributed by atoms with Gasteiger partial charge in [-0.25, -0.2) is 0 Å². The summed E-state index contributed by atoms with van der Waals surface area (Å²) in [7, 11) is 0. The van der Waals surface area contributed by atoms with Crippen LogP contribution >= 0.6 is 0 Å². The van der Waals surface area contributed by atoms with Gasteiger partial charge in [-0.1, -0.05) is 163 Å². The molecule has 2 nitrogen and oxygen atoms in total. The topological polar surface area (TPSA) is 30.9 Å². The molecule has 0 saturated heterocycles. The largest absolute Gasteiger partial charge is 0.399 e. The Morgan fingerprint density at radius 3 is 1.23 bits per heavy atom. The van der Waals surface area contributed by atoms with E-state index in [1.165, 1.54) is 114 Å². The van der Waals surface area contributed by atoms with E-state index in [1.54, 1.807) is 0 Å². The number of anilines is 1. The minimum atomic E-state index is 0.0124. The molecule has 0 aliphatic rings. The molecule has 0 radical (unpaired) electrons. The monoisotopic (exact) mass is 822 g/mol. The van der Waals surface area contributed by atoms with Crippen molar-refractivity contribution in [1.29, 1.82) is 0 Å². The Labute approximate surface area is 374 Å². The predicted molar refractivity (Wildman–Crippen MR) is 279 cm³/mol. The van der Waals surface area contributed by atoms with E-state index in [1.807, 2.05) is 0 Å². The molecule has 2 heteroatoms. The van der Waals surface area contributed by atoms with Gasteiger partial charge in [0.2, 0.25) is 0 Å². The number of aromatic nitrogens is 1. The Morgan fingerprint density at radius 1 is 0.328 bits per heavy atom. The molecule has 1 aromatic heterocycles. The second-order valence-electron chi connectivity index (χ2n) is 20.0. The zero-order valence-electron chi connectivity index (χ0n) is 37.3. The normalized spacial score (nSPS) is 12.6. The lowest BCUT2D eigenvalue weighted by Crippen LogP contribution is -2.10. The third-order valence-corrected chi connectivity index (χ3v) is 14.0. The van der Waals surface area contributed by atoms with Crippen molar-refractivity contribution < 1.29 is 0 Å². The quantitative estimate of drug-likeness (QED) is 0.107. The van der Waals surface area contributed by atoms with Crippen LogP contribution in [-0.4, -0.2) is 4.57 Å². The van der Waals surface area contributed by atoms with Gasteiger partial charge in [0, 0.05) is 22.1 Å². The van der Waals surface area contributed by atoms with Crippen LogP contribution in [0.4, 0.5) is 5.69 Å². The number of nitrogens with two attached hydrogens (primary N) is 1. The van der Waals surface area contributed by atoms with Gasteiger partial charge in [-0.3, -0.25) is 0 Å². The van der Waals surface area contributed by atoms with Crippen molar-refractivity contribution in [3.05, 3.63) is 193 Å². The van der Waals surface area contributed by atoms with E-state index in [-0.39, 0.29) is 10.8 Å². The zero-order valence-corrected chi connectivity index (χ0v) is 37.3. The van der Waals surface area contributed by atoms with Gasteiger partial charge in [-0.05, 0) is 170 Å². The fraction of sp³-hybridized carbons (Fsp3) is 0.129. The maximum absolute atomic E-state index is 6.84. The van der Waals surface area contributed by atoms with Crippen LogP contribution in [0.3, 0.4) is 0 Å². The third kappa shape index (κ3) is 5.78. The highest BCUT2D eigenvalue weighted by Crippen LogP contribution is 2.50. The van der Waals surface area contributed by atoms with Crippen LogP contribution in [0.1, 0.15) is 52.7 Å². The third-order valence-electron chi connectivity index (χ3n) is 14.0. The van der Waals surface area contributed by atoms with Gasteiger partial charge < -0.3 is 10.3 Å². The second-order valence-corrected chi connectivity index (χ2v) is 20.0. The minimum absolute atomic E-state index is 0.0124. The molecular weight excluding hydrogens is 773 g/mol. The SMILES string of the molecule is CC(C)(C)c1ccc2c(c1)c1cc(C(C)(C)C)ccc1n2-c1ccc2c(-c3cc4ccccc4c4ccccc34)c3cc(N)ccc3c(-c3cc4ccccc4c4ccccc34)c2c1. The van der Waals surface area contributed by atoms with Crippen LogP contribution in [0, 0.1) is 0 Å². The summed E-state index contributed by atoms with van der Waals surface area (Å²) in [5.74, 6) is 0. The number of nitrogen functional groups attached to an aromatic ring is 1. The first-order valence-corrected chi connectivity index (χ1v) is 22.6. The summed E-state index contributed by atoms with van der Waals surface area (Å²) < 4.78 is 2.50. The van der Waals surface area contributed by atoms with E-state index >= 15 is 0 Å². The molecule has 12 aromatic rings. The van der Waals surface area contributed by atoms with Crippen LogP contribution in [0.15, 0.2) is 182 Å². The maximum atomic E-state index is 6.84. The fourth-order valence-electron chi connectivity index (χ4n) is 10.7. The summed E-state index contributed by atoms with van der Waals surface area (Å²) in [5.41, 5.74) is 18.7. The maximum Gasteiger partial charge on any atom is 0.0541 e. The highest BCUT2D eigenvalue weighted by molar-refractivity contribution is 6.29. The van der Waals surface area contributed by atoms with E-state index in [0.29, 0.717) is 0 Å². The van der Waals surface area contributed by atoms with Gasteiger partial charge in [-0.15, -0.1) is 0 Å². The molecular formula is C62H50N2. The van der Waals surface area contributed by atoms with E-state index in [0.717, 1.165) is 16.8 Å². The Balaban J connectivity index is 1.27. The van der Waals surface area contributed by atoms with E-state index in [4.69, 9.17) is 5.73 Å². The molecule has 64 heavy (non-hydrogen) atoms. The van der Waals surface area contributed by atoms with Crippen LogP contribution < -0.4 is 5.73 Å². The average molecular weight is 823 g/mol. The highest BCUT2D eigenvalue weighted by atomic mass is 15.0. The summed E-state index contributed by atoms with van der Waals surface area (Å²) in [6.45, 7) is 13.9. The molecule has 0 fully saturated rings. The van der Waals surface area contributed by atoms with Crippen molar-refractivity contribution in [2.75, 3.05) is 5.73 Å². The first-order valence-electron chi connectivity index (χ1n) is 22.6. The summed E-state index contributed by atoms with van der Waals surface area (Å²) in [6.07, 6.45) is 0. The van der Waals surface area contributed by atoms with Crippen molar-refractivity contribution >= 4 is 92.1 Å². The van der Waals surface area contributed by atoms with Crippen molar-refractivity contribution in [2.45, 2.75) is 52.4 Å². The molecule has 11 aromatic carbocycles. The van der Waals surface area contributed by atoms with E-state index in [2.05, 4.69) is 228 Å². The van der Waals surface area contributed by atoms with Crippen LogP contribution in [0.25, 0.3) is 114 Å². The van der Waals surface area contributed by atoms with Gasteiger partial charge in [0.15, 0.2) is 0 Å². The molecule has 0 aliphatic carbocycles. The van der Waals surface area contributed by atoms with Gasteiger partial charge in [0.05, 0.1) is 11.0 Å². The van der Waals surface area contributed by atoms with E-state index < -0.39 is 0 Å². The van der Waals surface area contributed by atoms with Crippen molar-refractivity contribution in [3.63, 3.8) is 0 Å². The first-order chi connectivity index (χ1) is 30.9. The number of rotatable bonds is 3. The van der Waals surface area contributed by atoms with Crippen LogP contribution in [0.2, 0.25) is 0 Å². The smallest absolute Gasteiger partial charge is 0.0541 e. The summed E-state index contributed by atoms with van der Waals surface area (Å²) >= 11 is 0. The molecule has 1 heterocycles. The Hall–Kier alpha value is -7.42. The fourth-order valence-corrected chi connectivity index (χ4v) is 10.7. The van der Waals surface area contributed by atoms with Crippen molar-refractivity contribution in [3.8, 4) is 27.9 Å². The summed E-state index contributed by atoms with van der Waals surface area (Å²) in [4.78, 5) is 0. The van der Waals surface area contributed by atoms with Gasteiger partial charge >= 0.3 is 0 Å². The van der Waals surface area contributed by atoms with Gasteiger partial charge in [0.1, 0.15) is 0 Å². The standard InChI is InChI=1S/C62H50N2/c1-61(2,3)39-23-29-57-51(33-39)52-34-40(62(4,5)6)24-30-58(52)64(57)42-26-28-50-56(36-42)60(54-32-38-16-8-10-18-44(38)46-20-12-14-22-48(46)54)49-27-25-41(63)35-55(49)59(50)53-31-37-15-7-9-17-43(37)45-19-11-13-21-47(45)53/h7-36H,63H2,1-6H3. The second kappa shape index (κ2) is 13.8. The predicted octanol–water partition coefficient (Wildman–Crippen LogP) is 17.2. The zero-order chi connectivity index (χ0) is 43.6. The number of nitrogens with zero attached hydrogens (tertiary/aromatic N) is 1.